The van der Waals surface area contributed by atoms with Crippen LogP contribution in [0.2, 0.25) is 5.02 Å². The summed E-state index contributed by atoms with van der Waals surface area (Å²) in [4.78, 5) is 24.5. The van der Waals surface area contributed by atoms with Gasteiger partial charge in [0.2, 0.25) is 11.8 Å². The molecule has 8 nitrogen and oxygen atoms in total. The first-order valence-corrected chi connectivity index (χ1v) is 11.4. The van der Waals surface area contributed by atoms with E-state index in [1.54, 1.807) is 41.0 Å². The molecule has 0 spiro atoms. The van der Waals surface area contributed by atoms with Gasteiger partial charge in [-0.1, -0.05) is 35.5 Å². The largest absolute Gasteiger partial charge is 0.494 e. The van der Waals surface area contributed by atoms with Crippen LogP contribution in [-0.4, -0.2) is 38.9 Å². The maximum absolute atomic E-state index is 12.2. The Morgan fingerprint density at radius 3 is 2.53 bits per heavy atom. The van der Waals surface area contributed by atoms with E-state index in [2.05, 4.69) is 20.8 Å². The van der Waals surface area contributed by atoms with Crippen LogP contribution in [0.3, 0.4) is 0 Å². The molecule has 0 saturated heterocycles. The highest BCUT2D eigenvalue weighted by molar-refractivity contribution is 7.99. The minimum atomic E-state index is -0.162. The van der Waals surface area contributed by atoms with Crippen LogP contribution in [0.25, 0.3) is 0 Å². The number of halogens is 1. The summed E-state index contributed by atoms with van der Waals surface area (Å²) in [5.41, 5.74) is 1.27. The summed E-state index contributed by atoms with van der Waals surface area (Å²) in [7, 11) is 1.81. The van der Waals surface area contributed by atoms with Gasteiger partial charge in [-0.15, -0.1) is 10.2 Å². The Kier molecular flexibility index (Phi) is 8.52. The van der Waals surface area contributed by atoms with Gasteiger partial charge in [0.1, 0.15) is 11.6 Å². The van der Waals surface area contributed by atoms with Crippen molar-refractivity contribution in [1.82, 2.24) is 14.8 Å². The molecule has 3 aromatic rings. The first-order chi connectivity index (χ1) is 15.5. The van der Waals surface area contributed by atoms with Gasteiger partial charge in [0.15, 0.2) is 5.16 Å². The van der Waals surface area contributed by atoms with E-state index in [4.69, 9.17) is 16.3 Å². The van der Waals surface area contributed by atoms with Crippen LogP contribution in [0.5, 0.6) is 5.75 Å². The van der Waals surface area contributed by atoms with Crippen LogP contribution in [-0.2, 0) is 23.1 Å². The Labute approximate surface area is 195 Å². The van der Waals surface area contributed by atoms with Crippen molar-refractivity contribution < 1.29 is 14.3 Å². The van der Waals surface area contributed by atoms with Gasteiger partial charge < -0.3 is 19.9 Å². The van der Waals surface area contributed by atoms with Crippen LogP contribution >= 0.6 is 23.4 Å². The summed E-state index contributed by atoms with van der Waals surface area (Å²) in [5.74, 6) is 1.29. The second-order valence-corrected chi connectivity index (χ2v) is 8.13. The third-order valence-corrected chi connectivity index (χ3v) is 5.78. The molecule has 0 atom stereocenters. The molecule has 3 rings (SSSR count). The predicted molar refractivity (Wildman–Crippen MR) is 126 cm³/mol. The second-order valence-electron chi connectivity index (χ2n) is 6.78. The predicted octanol–water partition coefficient (Wildman–Crippen LogP) is 4.17. The van der Waals surface area contributed by atoms with Crippen LogP contribution in [0.15, 0.2) is 53.7 Å². The van der Waals surface area contributed by atoms with Crippen molar-refractivity contribution in [3.8, 4) is 5.75 Å². The monoisotopic (exact) mass is 473 g/mol. The Bertz CT molecular complexity index is 1070. The van der Waals surface area contributed by atoms with Gasteiger partial charge in [-0.3, -0.25) is 9.59 Å². The fraction of sp³-hybridized carbons (Fsp3) is 0.273. The van der Waals surface area contributed by atoms with Crippen LogP contribution in [0.4, 0.5) is 11.4 Å². The molecular formula is C22H24ClN5O3S. The Hall–Kier alpha value is -3.04. The lowest BCUT2D eigenvalue weighted by atomic mass is 10.2. The van der Waals surface area contributed by atoms with Crippen LogP contribution in [0.1, 0.15) is 19.2 Å². The summed E-state index contributed by atoms with van der Waals surface area (Å²) in [6.45, 7) is 2.51. The van der Waals surface area contributed by atoms with Gasteiger partial charge in [-0.05, 0) is 43.3 Å². The normalized spacial score (nSPS) is 10.6. The Balaban J connectivity index is 1.46. The number of thioether (sulfide) groups is 1. The number of hydrogen-bond donors (Lipinski definition) is 2. The minimum absolute atomic E-state index is 0.150. The van der Waals surface area contributed by atoms with E-state index in [0.717, 1.165) is 5.75 Å². The first-order valence-electron chi connectivity index (χ1n) is 10.0. The van der Waals surface area contributed by atoms with Crippen molar-refractivity contribution in [2.75, 3.05) is 23.0 Å². The van der Waals surface area contributed by atoms with Crippen molar-refractivity contribution in [2.24, 2.45) is 7.05 Å². The van der Waals surface area contributed by atoms with Gasteiger partial charge in [0.25, 0.3) is 0 Å². The van der Waals surface area contributed by atoms with E-state index in [0.29, 0.717) is 40.4 Å². The number of rotatable bonds is 10. The highest BCUT2D eigenvalue weighted by Crippen LogP contribution is 2.21. The molecule has 0 aliphatic rings. The molecule has 0 saturated carbocycles. The van der Waals surface area contributed by atoms with Crippen molar-refractivity contribution in [3.63, 3.8) is 0 Å². The SMILES string of the molecule is CCOc1ccc(NC(=O)CSc2nnc(CCC(=O)Nc3ccccc3Cl)n2C)cc1. The van der Waals surface area contributed by atoms with E-state index >= 15 is 0 Å². The number of carbonyl (C=O) groups excluding carboxylic acids is 2. The van der Waals surface area contributed by atoms with Crippen molar-refractivity contribution >= 4 is 46.6 Å². The zero-order valence-electron chi connectivity index (χ0n) is 17.8. The number of amides is 2. The molecule has 0 radical (unpaired) electrons. The molecule has 2 amide bonds. The number of benzene rings is 2. The number of ether oxygens (including phenoxy) is 1. The molecule has 1 aromatic heterocycles. The van der Waals surface area contributed by atoms with Gasteiger partial charge >= 0.3 is 0 Å². The smallest absolute Gasteiger partial charge is 0.234 e. The van der Waals surface area contributed by atoms with E-state index in [1.807, 2.05) is 26.1 Å². The average Bonchev–Trinajstić information content (AvgIpc) is 3.13. The summed E-state index contributed by atoms with van der Waals surface area (Å²) in [6, 6.07) is 14.3. The number of nitrogens with one attached hydrogen (secondary N) is 2. The molecule has 1 heterocycles. The number of nitrogens with zero attached hydrogens (tertiary/aromatic N) is 3. The van der Waals surface area contributed by atoms with Gasteiger partial charge in [-0.2, -0.15) is 0 Å². The maximum atomic E-state index is 12.2. The fourth-order valence-corrected chi connectivity index (χ4v) is 3.73. The Morgan fingerprint density at radius 2 is 1.81 bits per heavy atom. The second kappa shape index (κ2) is 11.5. The summed E-state index contributed by atoms with van der Waals surface area (Å²) < 4.78 is 7.18. The van der Waals surface area contributed by atoms with Gasteiger partial charge in [0.05, 0.1) is 23.1 Å². The Morgan fingerprint density at radius 1 is 1.06 bits per heavy atom. The topological polar surface area (TPSA) is 98.1 Å². The van der Waals surface area contributed by atoms with E-state index < -0.39 is 0 Å². The van der Waals surface area contributed by atoms with Crippen molar-refractivity contribution in [3.05, 3.63) is 59.4 Å². The number of hydrogen-bond acceptors (Lipinski definition) is 6. The summed E-state index contributed by atoms with van der Waals surface area (Å²) in [5, 5.41) is 15.0. The molecule has 0 unspecified atom stereocenters. The molecule has 0 aliphatic carbocycles. The quantitative estimate of drug-likeness (QED) is 0.429. The standard InChI is InChI=1S/C22H24ClN5O3S/c1-3-31-16-10-8-15(9-11-16)24-21(30)14-32-22-27-26-19(28(22)2)12-13-20(29)25-18-7-5-4-6-17(18)23/h4-11H,3,12-14H2,1-2H3,(H,24,30)(H,25,29). The van der Waals surface area contributed by atoms with Crippen LogP contribution < -0.4 is 15.4 Å². The number of anilines is 2. The highest BCUT2D eigenvalue weighted by atomic mass is 35.5. The number of aryl methyl sites for hydroxylation is 1. The van der Waals surface area contributed by atoms with E-state index in [-0.39, 0.29) is 24.0 Å². The molecule has 32 heavy (non-hydrogen) atoms. The molecular weight excluding hydrogens is 450 g/mol. The lowest BCUT2D eigenvalue weighted by molar-refractivity contribution is -0.116. The van der Waals surface area contributed by atoms with E-state index in [9.17, 15) is 9.59 Å². The zero-order valence-corrected chi connectivity index (χ0v) is 19.4. The maximum Gasteiger partial charge on any atom is 0.234 e. The van der Waals surface area contributed by atoms with E-state index in [1.165, 1.54) is 11.8 Å². The molecule has 2 N–H and O–H groups in total. The molecule has 0 fully saturated rings. The zero-order chi connectivity index (χ0) is 22.9. The molecule has 2 aromatic carbocycles. The fourth-order valence-electron chi connectivity index (χ4n) is 2.82. The summed E-state index contributed by atoms with van der Waals surface area (Å²) >= 11 is 7.34. The average molecular weight is 474 g/mol. The lowest BCUT2D eigenvalue weighted by Gasteiger charge is -2.08. The molecule has 0 aliphatic heterocycles. The first kappa shape index (κ1) is 23.6. The van der Waals surface area contributed by atoms with Crippen molar-refractivity contribution in [2.45, 2.75) is 24.9 Å². The summed E-state index contributed by atoms with van der Waals surface area (Å²) in [6.07, 6.45) is 0.652. The molecule has 168 valence electrons. The third-order valence-electron chi connectivity index (χ3n) is 4.43. The van der Waals surface area contributed by atoms with Gasteiger partial charge in [-0.25, -0.2) is 0 Å². The highest BCUT2D eigenvalue weighted by Gasteiger charge is 2.14. The van der Waals surface area contributed by atoms with Crippen LogP contribution in [0, 0.1) is 0 Å². The third kappa shape index (κ3) is 6.73. The van der Waals surface area contributed by atoms with Gasteiger partial charge in [0, 0.05) is 25.6 Å². The van der Waals surface area contributed by atoms with Crippen molar-refractivity contribution in [1.29, 1.82) is 0 Å². The lowest BCUT2D eigenvalue weighted by Crippen LogP contribution is -2.15. The number of carbonyl (C=O) groups is 2. The molecule has 10 heteroatoms. The minimum Gasteiger partial charge on any atom is -0.494 e. The number of para-hydroxylation sites is 1. The molecule has 0 bridgehead atoms. The number of aromatic nitrogens is 3.